The molecule has 156 valence electrons. The van der Waals surface area contributed by atoms with Crippen molar-refractivity contribution in [1.82, 2.24) is 15.0 Å². The molecule has 0 unspecified atom stereocenters. The Balaban J connectivity index is 1.66. The average Bonchev–Trinajstić information content (AvgIpc) is 3.24. The monoisotopic (exact) mass is 411 g/mol. The highest BCUT2D eigenvalue weighted by Gasteiger charge is 2.05. The molecule has 1 heterocycles. The van der Waals surface area contributed by atoms with E-state index in [0.29, 0.717) is 13.0 Å². The molecule has 3 rings (SSSR count). The second-order valence-corrected chi connectivity index (χ2v) is 7.20. The number of allylic oxidation sites excluding steroid dienone is 4. The number of aliphatic carboxylic acids is 1. The van der Waals surface area contributed by atoms with Gasteiger partial charge in [-0.3, -0.25) is 4.79 Å². The van der Waals surface area contributed by atoms with Crippen LogP contribution in [-0.2, 0) is 17.8 Å². The van der Waals surface area contributed by atoms with Gasteiger partial charge in [0.2, 0.25) is 0 Å². The van der Waals surface area contributed by atoms with Gasteiger partial charge in [-0.2, -0.15) is 0 Å². The second kappa shape index (κ2) is 10.7. The predicted molar refractivity (Wildman–Crippen MR) is 122 cm³/mol. The smallest absolute Gasteiger partial charge is 0.303 e. The Bertz CT molecular complexity index is 1140. The topological polar surface area (TPSA) is 68.0 Å². The molecule has 1 aromatic heterocycles. The Hall–Kier alpha value is -3.91. The van der Waals surface area contributed by atoms with Gasteiger partial charge in [-0.25, -0.2) is 4.68 Å². The van der Waals surface area contributed by atoms with Crippen molar-refractivity contribution in [2.24, 2.45) is 0 Å². The number of aromatic nitrogens is 3. The summed E-state index contributed by atoms with van der Waals surface area (Å²) in [7, 11) is 0. The molecule has 0 amide bonds. The SMILES string of the molecule is C/C=C(\C=C(/C)C#Cc1ccc(CCC(=O)O)cc1)c1cn(Cc2ccccc2)nn1. The molecule has 0 bridgehead atoms. The van der Waals surface area contributed by atoms with Gasteiger partial charge in [0.25, 0.3) is 0 Å². The van der Waals surface area contributed by atoms with Gasteiger partial charge in [0.1, 0.15) is 5.69 Å². The van der Waals surface area contributed by atoms with Crippen molar-refractivity contribution in [3.63, 3.8) is 0 Å². The van der Waals surface area contributed by atoms with Crippen LogP contribution in [0.3, 0.4) is 0 Å². The van der Waals surface area contributed by atoms with Crippen LogP contribution < -0.4 is 0 Å². The minimum absolute atomic E-state index is 0.134. The molecular formula is C26H25N3O2. The number of carboxylic acids is 1. The van der Waals surface area contributed by atoms with E-state index in [1.54, 1.807) is 0 Å². The van der Waals surface area contributed by atoms with Crippen LogP contribution >= 0.6 is 0 Å². The van der Waals surface area contributed by atoms with Crippen molar-refractivity contribution < 1.29 is 9.90 Å². The molecule has 3 aromatic rings. The number of nitrogens with zero attached hydrogens (tertiary/aromatic N) is 3. The summed E-state index contributed by atoms with van der Waals surface area (Å²) in [4.78, 5) is 10.7. The van der Waals surface area contributed by atoms with E-state index in [-0.39, 0.29) is 6.42 Å². The Morgan fingerprint density at radius 1 is 1.10 bits per heavy atom. The maximum absolute atomic E-state index is 10.7. The summed E-state index contributed by atoms with van der Waals surface area (Å²) in [6.07, 6.45) is 6.60. The molecule has 0 fully saturated rings. The minimum atomic E-state index is -0.787. The lowest BCUT2D eigenvalue weighted by atomic mass is 10.1. The Morgan fingerprint density at radius 3 is 2.52 bits per heavy atom. The molecule has 5 heteroatoms. The van der Waals surface area contributed by atoms with Crippen LogP contribution in [0.5, 0.6) is 0 Å². The van der Waals surface area contributed by atoms with Crippen LogP contribution in [-0.4, -0.2) is 26.1 Å². The molecular weight excluding hydrogens is 386 g/mol. The minimum Gasteiger partial charge on any atom is -0.481 e. The summed E-state index contributed by atoms with van der Waals surface area (Å²) in [5.41, 5.74) is 5.75. The van der Waals surface area contributed by atoms with E-state index < -0.39 is 5.97 Å². The normalized spacial score (nSPS) is 11.7. The van der Waals surface area contributed by atoms with Gasteiger partial charge < -0.3 is 5.11 Å². The summed E-state index contributed by atoms with van der Waals surface area (Å²) in [5, 5.41) is 17.3. The Labute approximate surface area is 182 Å². The zero-order valence-electron chi connectivity index (χ0n) is 17.7. The van der Waals surface area contributed by atoms with E-state index in [2.05, 4.69) is 34.3 Å². The fourth-order valence-electron chi connectivity index (χ4n) is 3.03. The van der Waals surface area contributed by atoms with Crippen molar-refractivity contribution in [2.75, 3.05) is 0 Å². The largest absolute Gasteiger partial charge is 0.481 e. The van der Waals surface area contributed by atoms with E-state index in [1.165, 1.54) is 5.56 Å². The summed E-state index contributed by atoms with van der Waals surface area (Å²) in [5.74, 6) is 5.54. The lowest BCUT2D eigenvalue weighted by Crippen LogP contribution is -1.99. The molecule has 1 N–H and O–H groups in total. The zero-order valence-corrected chi connectivity index (χ0v) is 17.7. The number of rotatable bonds is 7. The summed E-state index contributed by atoms with van der Waals surface area (Å²) >= 11 is 0. The molecule has 0 spiro atoms. The van der Waals surface area contributed by atoms with Gasteiger partial charge in [-0.05, 0) is 55.2 Å². The molecule has 2 aromatic carbocycles. The van der Waals surface area contributed by atoms with E-state index in [0.717, 1.165) is 28.0 Å². The van der Waals surface area contributed by atoms with Crippen LogP contribution in [0, 0.1) is 11.8 Å². The van der Waals surface area contributed by atoms with Crippen LogP contribution in [0.4, 0.5) is 0 Å². The van der Waals surface area contributed by atoms with Crippen molar-refractivity contribution in [3.05, 3.63) is 101 Å². The van der Waals surface area contributed by atoms with E-state index in [4.69, 9.17) is 5.11 Å². The summed E-state index contributed by atoms with van der Waals surface area (Å²) in [6.45, 7) is 4.61. The van der Waals surface area contributed by atoms with Gasteiger partial charge in [0, 0.05) is 17.6 Å². The Kier molecular flexibility index (Phi) is 7.56. The third-order valence-corrected chi connectivity index (χ3v) is 4.69. The highest BCUT2D eigenvalue weighted by Crippen LogP contribution is 2.15. The first-order valence-electron chi connectivity index (χ1n) is 10.2. The lowest BCUT2D eigenvalue weighted by Gasteiger charge is -2.00. The van der Waals surface area contributed by atoms with Gasteiger partial charge in [-0.1, -0.05) is 65.6 Å². The fraction of sp³-hybridized carbons (Fsp3) is 0.192. The average molecular weight is 412 g/mol. The van der Waals surface area contributed by atoms with Gasteiger partial charge in [0.15, 0.2) is 0 Å². The lowest BCUT2D eigenvalue weighted by molar-refractivity contribution is -0.136. The van der Waals surface area contributed by atoms with E-state index >= 15 is 0 Å². The maximum atomic E-state index is 10.7. The first-order chi connectivity index (χ1) is 15.0. The first-order valence-corrected chi connectivity index (χ1v) is 10.2. The van der Waals surface area contributed by atoms with Gasteiger partial charge >= 0.3 is 5.97 Å². The molecule has 0 saturated heterocycles. The Morgan fingerprint density at radius 2 is 1.84 bits per heavy atom. The molecule has 0 atom stereocenters. The highest BCUT2D eigenvalue weighted by molar-refractivity contribution is 5.72. The fourth-order valence-corrected chi connectivity index (χ4v) is 3.03. The second-order valence-electron chi connectivity index (χ2n) is 7.20. The van der Waals surface area contributed by atoms with E-state index in [9.17, 15) is 4.79 Å². The molecule has 0 aliphatic heterocycles. The zero-order chi connectivity index (χ0) is 22.1. The number of benzene rings is 2. The number of carbonyl (C=O) groups is 1. The summed E-state index contributed by atoms with van der Waals surface area (Å²) in [6, 6.07) is 17.8. The third-order valence-electron chi connectivity index (χ3n) is 4.69. The van der Waals surface area contributed by atoms with E-state index in [1.807, 2.05) is 79.3 Å². The van der Waals surface area contributed by atoms with Crippen LogP contribution in [0.25, 0.3) is 5.57 Å². The number of hydrogen-bond donors (Lipinski definition) is 1. The molecule has 0 aliphatic rings. The van der Waals surface area contributed by atoms with Gasteiger partial charge in [-0.15, -0.1) is 5.10 Å². The van der Waals surface area contributed by atoms with Crippen molar-refractivity contribution >= 4 is 11.5 Å². The number of carboxylic acid groups (broad SMARTS) is 1. The predicted octanol–water partition coefficient (Wildman–Crippen LogP) is 4.74. The molecule has 31 heavy (non-hydrogen) atoms. The number of aryl methyl sites for hydroxylation is 1. The van der Waals surface area contributed by atoms with Gasteiger partial charge in [0.05, 0.1) is 12.7 Å². The van der Waals surface area contributed by atoms with Crippen LogP contribution in [0.15, 0.2) is 78.5 Å². The summed E-state index contributed by atoms with van der Waals surface area (Å²) < 4.78 is 1.83. The highest BCUT2D eigenvalue weighted by atomic mass is 16.4. The van der Waals surface area contributed by atoms with Crippen molar-refractivity contribution in [1.29, 1.82) is 0 Å². The molecule has 0 aliphatic carbocycles. The van der Waals surface area contributed by atoms with Crippen molar-refractivity contribution in [3.8, 4) is 11.8 Å². The molecule has 5 nitrogen and oxygen atoms in total. The number of hydrogen-bond acceptors (Lipinski definition) is 3. The first kappa shape index (κ1) is 21.8. The van der Waals surface area contributed by atoms with Crippen LogP contribution in [0.2, 0.25) is 0 Å². The maximum Gasteiger partial charge on any atom is 0.303 e. The quantitative estimate of drug-likeness (QED) is 0.450. The third kappa shape index (κ3) is 6.83. The standard InChI is InChI=1S/C26H25N3O2/c1-3-24(25-19-29(28-27-25)18-23-7-5-4-6-8-23)17-20(2)9-10-21-11-13-22(14-12-21)15-16-26(30)31/h3-8,11-14,17,19H,15-16,18H2,1-2H3,(H,30,31)/b20-17+,24-3+. The molecule has 0 saturated carbocycles. The molecule has 0 radical (unpaired) electrons. The van der Waals surface area contributed by atoms with Crippen LogP contribution in [0.1, 0.15) is 42.7 Å². The van der Waals surface area contributed by atoms with Crippen molar-refractivity contribution in [2.45, 2.75) is 33.2 Å².